The van der Waals surface area contributed by atoms with E-state index in [4.69, 9.17) is 0 Å². The molecule has 0 saturated carbocycles. The van der Waals surface area contributed by atoms with Crippen LogP contribution < -0.4 is 31.1 Å². The number of aliphatic hydroxyl groups is 4. The summed E-state index contributed by atoms with van der Waals surface area (Å²) >= 11 is 0. The van der Waals surface area contributed by atoms with Crippen LogP contribution in [0.3, 0.4) is 0 Å². The van der Waals surface area contributed by atoms with Crippen molar-refractivity contribution in [1.29, 1.82) is 0 Å². The van der Waals surface area contributed by atoms with E-state index >= 15 is 0 Å². The molecule has 0 saturated heterocycles. The quantitative estimate of drug-likeness (QED) is 0.0303. The molecule has 2 heterocycles. The first kappa shape index (κ1) is 54.3. The summed E-state index contributed by atoms with van der Waals surface area (Å²) in [5, 5.41) is 49.7. The zero-order valence-electron chi connectivity index (χ0n) is 36.9. The predicted octanol–water partition coefficient (Wildman–Crippen LogP) is 1.77. The molecule has 12 N–H and O–H groups in total. The highest BCUT2D eigenvalue weighted by Crippen LogP contribution is 2.31. The number of nitrogens with zero attached hydrogens (tertiary/aromatic N) is 8. The van der Waals surface area contributed by atoms with Crippen molar-refractivity contribution in [3.63, 3.8) is 0 Å². The van der Waals surface area contributed by atoms with Crippen molar-refractivity contribution < 1.29 is 72.3 Å². The minimum absolute atomic E-state index is 0.0619. The molecule has 0 atom stereocenters. The number of benzene rings is 4. The highest BCUT2D eigenvalue weighted by atomic mass is 32.2. The second-order valence-electron chi connectivity index (χ2n) is 14.7. The van der Waals surface area contributed by atoms with Crippen molar-refractivity contribution in [2.24, 2.45) is 0 Å². The van der Waals surface area contributed by atoms with Gasteiger partial charge in [-0.05, 0) is 83.9 Å². The molecule has 0 spiro atoms. The lowest BCUT2D eigenvalue weighted by Gasteiger charge is -2.22. The summed E-state index contributed by atoms with van der Waals surface area (Å²) in [5.41, 5.74) is 0.266. The van der Waals surface area contributed by atoms with Crippen LogP contribution in [0.15, 0.2) is 105 Å². The average Bonchev–Trinajstić information content (AvgIpc) is 3.30. The Hall–Kier alpha value is -7.08. The van der Waals surface area contributed by atoms with E-state index in [2.05, 4.69) is 51.2 Å². The molecule has 0 bridgehead atoms. The maximum atomic E-state index is 12.8. The smallest absolute Gasteiger partial charge is 0.296 e. The average molecular weight is 1080 g/mol. The SMILES string of the molecule is O=S(=O)(O)c1ccc(Nc2nc(Nc3ccc(C=Cc4ccc(Nc5nc(Nc6ccc(S(=O)(=O)O)cc6)nc(N(CCO)CCO)n5)c(S(=O)(=O)O)c4)cc3S(=O)(=O)O)nc(N(CCO)CCO)n2)cc1. The van der Waals surface area contributed by atoms with Crippen LogP contribution in [-0.4, -0.2) is 155 Å². The van der Waals surface area contributed by atoms with E-state index in [1.165, 1.54) is 70.5 Å². The standard InChI is InChI=1S/C40H44N12O16S4/c53-19-15-51(16-20-54)39-47-35(41-27-5-9-29(10-6-27)69(57,58)59)45-37(49-39)43-31-13-3-25(23-33(31)71(63,64)65)1-2-26-4-14-32(34(24-26)72(66,67)68)44-38-46-36(48-40(50-38)52(17-21-55)18-22-56)42-28-7-11-30(12-8-28)70(60,61)62/h1-14,23-24,53-56H,15-22H2,(H,57,58,59)(H,60,61,62)(H,63,64,65)(H,66,67,68)(H2,41,43,45,47,49)(H2,42,44,46,48,50). The van der Waals surface area contributed by atoms with Crippen molar-refractivity contribution in [1.82, 2.24) is 29.9 Å². The molecule has 0 amide bonds. The first-order valence-electron chi connectivity index (χ1n) is 20.6. The Bertz CT molecular complexity index is 3160. The zero-order valence-corrected chi connectivity index (χ0v) is 40.2. The molecule has 6 rings (SSSR count). The van der Waals surface area contributed by atoms with Gasteiger partial charge in [0, 0.05) is 37.6 Å². The van der Waals surface area contributed by atoms with Crippen LogP contribution in [0.25, 0.3) is 12.2 Å². The number of nitrogens with one attached hydrogen (secondary N) is 4. The molecule has 32 heteroatoms. The van der Waals surface area contributed by atoms with Crippen molar-refractivity contribution in [3.05, 3.63) is 96.1 Å². The lowest BCUT2D eigenvalue weighted by molar-refractivity contribution is 0.279. The van der Waals surface area contributed by atoms with Gasteiger partial charge in [-0.1, -0.05) is 24.3 Å². The summed E-state index contributed by atoms with van der Waals surface area (Å²) in [5.74, 6) is -1.21. The normalized spacial score (nSPS) is 12.2. The third-order valence-corrected chi connectivity index (χ3v) is 13.2. The van der Waals surface area contributed by atoms with E-state index in [-0.39, 0.29) is 95.7 Å². The minimum Gasteiger partial charge on any atom is -0.395 e. The summed E-state index contributed by atoms with van der Waals surface area (Å²) in [4.78, 5) is 26.3. The van der Waals surface area contributed by atoms with Crippen LogP contribution in [0, 0.1) is 0 Å². The zero-order chi connectivity index (χ0) is 52.4. The highest BCUT2D eigenvalue weighted by Gasteiger charge is 2.22. The predicted molar refractivity (Wildman–Crippen MR) is 260 cm³/mol. The number of rotatable bonds is 24. The lowest BCUT2D eigenvalue weighted by Crippen LogP contribution is -2.31. The first-order valence-corrected chi connectivity index (χ1v) is 26.3. The summed E-state index contributed by atoms with van der Waals surface area (Å²) < 4.78 is 137. The molecule has 28 nitrogen and oxygen atoms in total. The fourth-order valence-corrected chi connectivity index (χ4v) is 8.70. The molecule has 0 aliphatic rings. The van der Waals surface area contributed by atoms with Crippen molar-refractivity contribution >= 4 is 111 Å². The Labute approximate surface area is 410 Å². The third-order valence-electron chi connectivity index (χ3n) is 9.64. The molecule has 0 fully saturated rings. The van der Waals surface area contributed by atoms with Gasteiger partial charge in [-0.25, -0.2) is 0 Å². The molecule has 2 aromatic heterocycles. The van der Waals surface area contributed by atoms with Gasteiger partial charge in [0.25, 0.3) is 40.5 Å². The van der Waals surface area contributed by atoms with Crippen molar-refractivity contribution in [2.45, 2.75) is 19.6 Å². The number of aliphatic hydroxyl groups excluding tert-OH is 4. The summed E-state index contributed by atoms with van der Waals surface area (Å²) in [6.45, 7) is -1.81. The Morgan fingerprint density at radius 2 is 0.708 bits per heavy atom. The molecule has 0 aliphatic heterocycles. The second kappa shape index (κ2) is 23.0. The van der Waals surface area contributed by atoms with Gasteiger partial charge in [0.05, 0.1) is 47.6 Å². The number of hydrogen-bond donors (Lipinski definition) is 12. The van der Waals surface area contributed by atoms with Gasteiger partial charge < -0.3 is 51.5 Å². The fourth-order valence-electron chi connectivity index (χ4n) is 6.37. The van der Waals surface area contributed by atoms with E-state index in [0.717, 1.165) is 36.4 Å². The molecule has 6 aromatic rings. The van der Waals surface area contributed by atoms with Gasteiger partial charge in [-0.2, -0.15) is 63.6 Å². The van der Waals surface area contributed by atoms with E-state index in [1.807, 2.05) is 0 Å². The number of hydrogen-bond acceptors (Lipinski definition) is 24. The van der Waals surface area contributed by atoms with Gasteiger partial charge in [-0.15, -0.1) is 0 Å². The minimum atomic E-state index is -5.01. The Morgan fingerprint density at radius 3 is 0.986 bits per heavy atom. The van der Waals surface area contributed by atoms with Gasteiger partial charge in [0.1, 0.15) is 9.79 Å². The van der Waals surface area contributed by atoms with E-state index in [1.54, 1.807) is 0 Å². The molecule has 0 aliphatic carbocycles. The Balaban J connectivity index is 1.31. The molecule has 72 heavy (non-hydrogen) atoms. The topological polar surface area (TPSA) is 430 Å². The van der Waals surface area contributed by atoms with Crippen LogP contribution >= 0.6 is 0 Å². The first-order chi connectivity index (χ1) is 34.0. The van der Waals surface area contributed by atoms with Crippen LogP contribution in [-0.2, 0) is 40.5 Å². The van der Waals surface area contributed by atoms with Crippen molar-refractivity contribution in [3.8, 4) is 0 Å². The maximum Gasteiger partial charge on any atom is 0.296 e. The highest BCUT2D eigenvalue weighted by molar-refractivity contribution is 7.86. The Morgan fingerprint density at radius 1 is 0.403 bits per heavy atom. The van der Waals surface area contributed by atoms with Gasteiger partial charge in [-0.3, -0.25) is 18.2 Å². The van der Waals surface area contributed by atoms with Gasteiger partial charge in [0.15, 0.2) is 0 Å². The van der Waals surface area contributed by atoms with Gasteiger partial charge in [0.2, 0.25) is 35.7 Å². The summed E-state index contributed by atoms with van der Waals surface area (Å²) in [7, 11) is -19.0. The maximum absolute atomic E-state index is 12.8. The number of anilines is 10. The molecular weight excluding hydrogens is 1030 g/mol. The fraction of sp³-hybridized carbons (Fsp3) is 0.200. The molecular formula is C40H44N12O16S4. The largest absolute Gasteiger partial charge is 0.395 e. The van der Waals surface area contributed by atoms with E-state index in [0.29, 0.717) is 0 Å². The molecule has 0 unspecified atom stereocenters. The number of aromatic nitrogens is 6. The van der Waals surface area contributed by atoms with Gasteiger partial charge >= 0.3 is 0 Å². The van der Waals surface area contributed by atoms with E-state index < -0.39 is 86.5 Å². The Kier molecular flexibility index (Phi) is 17.3. The third kappa shape index (κ3) is 14.7. The van der Waals surface area contributed by atoms with Crippen LogP contribution in [0.4, 0.5) is 58.4 Å². The van der Waals surface area contributed by atoms with E-state index in [9.17, 15) is 72.3 Å². The van der Waals surface area contributed by atoms with Crippen molar-refractivity contribution in [2.75, 3.05) is 83.7 Å². The van der Waals surface area contributed by atoms with Crippen LogP contribution in [0.5, 0.6) is 0 Å². The second-order valence-corrected chi connectivity index (χ2v) is 20.4. The monoisotopic (exact) mass is 1080 g/mol. The molecule has 4 aromatic carbocycles. The van der Waals surface area contributed by atoms with Crippen LogP contribution in [0.1, 0.15) is 11.1 Å². The molecule has 384 valence electrons. The van der Waals surface area contributed by atoms with Crippen LogP contribution in [0.2, 0.25) is 0 Å². The lowest BCUT2D eigenvalue weighted by atomic mass is 10.1. The summed E-state index contributed by atoms with van der Waals surface area (Å²) in [6, 6.07) is 17.0. The summed E-state index contributed by atoms with van der Waals surface area (Å²) in [6.07, 6.45) is 2.70. The molecule has 0 radical (unpaired) electrons.